The highest BCUT2D eigenvalue weighted by Gasteiger charge is 2.32. The van der Waals surface area contributed by atoms with Gasteiger partial charge in [-0.3, -0.25) is 9.69 Å². The van der Waals surface area contributed by atoms with Gasteiger partial charge in [-0.25, -0.2) is 0 Å². The molecule has 0 bridgehead atoms. The smallest absolute Gasteiger partial charge is 0.387 e. The van der Waals surface area contributed by atoms with Gasteiger partial charge in [-0.1, -0.05) is 18.2 Å². The van der Waals surface area contributed by atoms with E-state index in [1.165, 1.54) is 12.1 Å². The minimum Gasteiger partial charge on any atom is -0.387 e. The number of fused-ring (bicyclic) bond motifs is 1. The van der Waals surface area contributed by atoms with Gasteiger partial charge >= 0.3 is 6.18 Å². The second-order valence-electron chi connectivity index (χ2n) is 7.22. The Kier molecular flexibility index (Phi) is 5.44. The third-order valence-corrected chi connectivity index (χ3v) is 5.19. The maximum atomic E-state index is 12.9. The van der Waals surface area contributed by atoms with Crippen LogP contribution in [0.15, 0.2) is 36.4 Å². The Morgan fingerprint density at radius 2 is 1.67 bits per heavy atom. The number of alkyl halides is 3. The van der Waals surface area contributed by atoms with Gasteiger partial charge in [0.25, 0.3) is 0 Å². The van der Waals surface area contributed by atoms with Crippen molar-refractivity contribution in [3.8, 4) is 0 Å². The van der Waals surface area contributed by atoms with E-state index < -0.39 is 18.3 Å². The number of amides is 1. The van der Waals surface area contributed by atoms with Gasteiger partial charge in [-0.05, 0) is 48.4 Å². The lowest BCUT2D eigenvalue weighted by molar-refractivity contribution is -0.139. The maximum absolute atomic E-state index is 12.9. The summed E-state index contributed by atoms with van der Waals surface area (Å²) in [6.07, 6.45) is -4.34. The van der Waals surface area contributed by atoms with Crippen molar-refractivity contribution in [2.75, 3.05) is 19.7 Å². The van der Waals surface area contributed by atoms with Crippen LogP contribution in [-0.4, -0.2) is 52.6 Å². The molecule has 1 aliphatic rings. The van der Waals surface area contributed by atoms with Gasteiger partial charge in [0.15, 0.2) is 0 Å². The number of hydrogen-bond acceptors (Lipinski definition) is 3. The first-order chi connectivity index (χ1) is 12.7. The Bertz CT molecular complexity index is 826. The number of nitrogens with zero attached hydrogens (tertiary/aromatic N) is 2. The highest BCUT2D eigenvalue weighted by atomic mass is 19.4. The highest BCUT2D eigenvalue weighted by Crippen LogP contribution is 2.32. The normalized spacial score (nSPS) is 21.6. The van der Waals surface area contributed by atoms with Crippen LogP contribution in [0.2, 0.25) is 0 Å². The van der Waals surface area contributed by atoms with Gasteiger partial charge < -0.3 is 10.0 Å². The van der Waals surface area contributed by atoms with Gasteiger partial charge in [-0.2, -0.15) is 13.2 Å². The van der Waals surface area contributed by atoms with E-state index in [-0.39, 0.29) is 18.0 Å². The predicted molar refractivity (Wildman–Crippen MR) is 97.1 cm³/mol. The molecule has 7 heteroatoms. The Morgan fingerprint density at radius 1 is 1.07 bits per heavy atom. The minimum absolute atomic E-state index is 0.118. The number of benzene rings is 2. The SMILES string of the molecule is CC1CN(C(=O)CO)CC(C)N1Cc1ccc2cc(C(F)(F)F)ccc2c1. The molecule has 1 amide bonds. The third kappa shape index (κ3) is 4.25. The molecule has 4 nitrogen and oxygen atoms in total. The maximum Gasteiger partial charge on any atom is 0.416 e. The molecule has 1 aliphatic heterocycles. The van der Waals surface area contributed by atoms with E-state index in [4.69, 9.17) is 5.11 Å². The first-order valence-corrected chi connectivity index (χ1v) is 8.93. The lowest BCUT2D eigenvalue weighted by Crippen LogP contribution is -2.58. The first kappa shape index (κ1) is 19.6. The molecule has 1 saturated heterocycles. The van der Waals surface area contributed by atoms with Gasteiger partial charge in [-0.15, -0.1) is 0 Å². The largest absolute Gasteiger partial charge is 0.416 e. The van der Waals surface area contributed by atoms with Crippen molar-refractivity contribution in [1.82, 2.24) is 9.80 Å². The minimum atomic E-state index is -4.34. The number of piperazine rings is 1. The summed E-state index contributed by atoms with van der Waals surface area (Å²) in [7, 11) is 0. The van der Waals surface area contributed by atoms with Crippen LogP contribution in [0, 0.1) is 0 Å². The highest BCUT2D eigenvalue weighted by molar-refractivity contribution is 5.84. The molecule has 1 heterocycles. The van der Waals surface area contributed by atoms with Crippen LogP contribution < -0.4 is 0 Å². The zero-order chi connectivity index (χ0) is 19.8. The van der Waals surface area contributed by atoms with E-state index in [0.717, 1.165) is 17.0 Å². The summed E-state index contributed by atoms with van der Waals surface area (Å²) < 4.78 is 38.6. The van der Waals surface area contributed by atoms with E-state index in [1.807, 2.05) is 26.0 Å². The molecule has 0 saturated carbocycles. The molecule has 0 aliphatic carbocycles. The summed E-state index contributed by atoms with van der Waals surface area (Å²) in [6.45, 7) is 5.33. The van der Waals surface area contributed by atoms with Crippen LogP contribution in [0.5, 0.6) is 0 Å². The fourth-order valence-corrected chi connectivity index (χ4v) is 3.75. The molecule has 2 aromatic rings. The number of hydrogen-bond donors (Lipinski definition) is 1. The van der Waals surface area contributed by atoms with Gasteiger partial charge in [0, 0.05) is 31.7 Å². The van der Waals surface area contributed by atoms with Crippen molar-refractivity contribution in [1.29, 1.82) is 0 Å². The monoisotopic (exact) mass is 380 g/mol. The number of aliphatic hydroxyl groups is 1. The molecule has 1 N–H and O–H groups in total. The molecular weight excluding hydrogens is 357 g/mol. The molecule has 0 aromatic heterocycles. The summed E-state index contributed by atoms with van der Waals surface area (Å²) in [5, 5.41) is 10.4. The van der Waals surface area contributed by atoms with E-state index in [2.05, 4.69) is 4.90 Å². The molecule has 0 radical (unpaired) electrons. The Labute approximate surface area is 156 Å². The molecule has 146 valence electrons. The van der Waals surface area contributed by atoms with E-state index in [0.29, 0.717) is 25.0 Å². The lowest BCUT2D eigenvalue weighted by Gasteiger charge is -2.44. The average Bonchev–Trinajstić information content (AvgIpc) is 2.62. The van der Waals surface area contributed by atoms with Crippen LogP contribution in [-0.2, 0) is 17.5 Å². The quantitative estimate of drug-likeness (QED) is 0.889. The van der Waals surface area contributed by atoms with Crippen LogP contribution in [0.1, 0.15) is 25.0 Å². The fraction of sp³-hybridized carbons (Fsp3) is 0.450. The Morgan fingerprint density at radius 3 is 2.26 bits per heavy atom. The fourth-order valence-electron chi connectivity index (χ4n) is 3.75. The second-order valence-corrected chi connectivity index (χ2v) is 7.22. The molecule has 2 atom stereocenters. The first-order valence-electron chi connectivity index (χ1n) is 8.93. The molecule has 2 unspecified atom stereocenters. The topological polar surface area (TPSA) is 43.8 Å². The van der Waals surface area contributed by atoms with Gasteiger partial charge in [0.2, 0.25) is 5.91 Å². The molecular formula is C20H23F3N2O2. The van der Waals surface area contributed by atoms with Crippen molar-refractivity contribution in [2.45, 2.75) is 38.7 Å². The lowest BCUT2D eigenvalue weighted by atomic mass is 10.0. The van der Waals surface area contributed by atoms with Crippen molar-refractivity contribution in [3.05, 3.63) is 47.5 Å². The number of aliphatic hydroxyl groups excluding tert-OH is 1. The van der Waals surface area contributed by atoms with E-state index >= 15 is 0 Å². The van der Waals surface area contributed by atoms with Crippen LogP contribution >= 0.6 is 0 Å². The number of carbonyl (C=O) groups excluding carboxylic acids is 1. The summed E-state index contributed by atoms with van der Waals surface area (Å²) in [4.78, 5) is 15.7. The summed E-state index contributed by atoms with van der Waals surface area (Å²) in [5.74, 6) is -0.264. The van der Waals surface area contributed by atoms with Crippen LogP contribution in [0.4, 0.5) is 13.2 Å². The van der Waals surface area contributed by atoms with Crippen LogP contribution in [0.25, 0.3) is 10.8 Å². The van der Waals surface area contributed by atoms with Gasteiger partial charge in [0.1, 0.15) is 6.61 Å². The molecule has 27 heavy (non-hydrogen) atoms. The van der Waals surface area contributed by atoms with Crippen molar-refractivity contribution >= 4 is 16.7 Å². The zero-order valence-electron chi connectivity index (χ0n) is 15.3. The Hall–Kier alpha value is -2.12. The molecule has 3 rings (SSSR count). The second kappa shape index (κ2) is 7.48. The standard InChI is InChI=1S/C20H23F3N2O2/c1-13-9-24(19(27)12-26)10-14(2)25(13)11-15-3-4-17-8-18(20(21,22)23)6-5-16(17)7-15/h3-8,13-14,26H,9-12H2,1-2H3. The average molecular weight is 380 g/mol. The summed E-state index contributed by atoms with van der Waals surface area (Å²) in [5.41, 5.74) is 0.373. The molecule has 0 spiro atoms. The van der Waals surface area contributed by atoms with Crippen LogP contribution in [0.3, 0.4) is 0 Å². The third-order valence-electron chi connectivity index (χ3n) is 5.19. The molecule has 1 fully saturated rings. The molecule has 2 aromatic carbocycles. The van der Waals surface area contributed by atoms with Crippen molar-refractivity contribution in [3.63, 3.8) is 0 Å². The summed E-state index contributed by atoms with van der Waals surface area (Å²) >= 11 is 0. The number of rotatable bonds is 3. The Balaban J connectivity index is 1.77. The van der Waals surface area contributed by atoms with Crippen molar-refractivity contribution < 1.29 is 23.1 Å². The van der Waals surface area contributed by atoms with E-state index in [1.54, 1.807) is 11.0 Å². The predicted octanol–water partition coefficient (Wildman–Crippen LogP) is 3.27. The summed E-state index contributed by atoms with van der Waals surface area (Å²) in [6, 6.07) is 9.51. The van der Waals surface area contributed by atoms with Crippen molar-refractivity contribution in [2.24, 2.45) is 0 Å². The van der Waals surface area contributed by atoms with E-state index in [9.17, 15) is 18.0 Å². The van der Waals surface area contributed by atoms with Gasteiger partial charge in [0.05, 0.1) is 5.56 Å². The zero-order valence-corrected chi connectivity index (χ0v) is 15.3. The number of halogens is 3. The number of carbonyl (C=O) groups is 1.